The van der Waals surface area contributed by atoms with Gasteiger partial charge in [-0.15, -0.1) is 0 Å². The average Bonchev–Trinajstić information content (AvgIpc) is 2.20. The number of carbonyl (C=O) groups excluding carboxylic acids is 1. The first-order chi connectivity index (χ1) is 7.67. The van der Waals surface area contributed by atoms with Crippen LogP contribution in [0, 0.1) is 11.3 Å². The van der Waals surface area contributed by atoms with Gasteiger partial charge >= 0.3 is 5.97 Å². The fourth-order valence-electron chi connectivity index (χ4n) is 0.879. The van der Waals surface area contributed by atoms with Crippen molar-refractivity contribution in [2.75, 3.05) is 12.3 Å². The number of aliphatic carboxylic acids is 1. The summed E-state index contributed by atoms with van der Waals surface area (Å²) >= 11 is 4.02. The summed E-state index contributed by atoms with van der Waals surface area (Å²) in [7, 11) is 0. The van der Waals surface area contributed by atoms with Crippen LogP contribution in [-0.4, -0.2) is 40.5 Å². The van der Waals surface area contributed by atoms with Crippen LogP contribution < -0.4 is 0 Å². The van der Waals surface area contributed by atoms with Gasteiger partial charge in [0.2, 0.25) is 5.91 Å². The third-order valence-corrected chi connectivity index (χ3v) is 2.37. The maximum absolute atomic E-state index is 11.8. The molecule has 0 radical (unpaired) electrons. The topological polar surface area (TPSA) is 70.0 Å². The third kappa shape index (κ3) is 6.99. The molecule has 0 aromatic carbocycles. The molecule has 0 fully saturated rings. The Kier molecular flexibility index (Phi) is 6.23. The summed E-state index contributed by atoms with van der Waals surface area (Å²) in [6, 6.07) is 0. The van der Waals surface area contributed by atoms with Crippen LogP contribution in [0.3, 0.4) is 0 Å². The maximum atomic E-state index is 11.8. The summed E-state index contributed by atoms with van der Waals surface area (Å²) in [6.45, 7) is 7.02. The monoisotopic (exact) mass is 260 g/mol. The summed E-state index contributed by atoms with van der Waals surface area (Å²) in [5, 5.41) is 13.7. The van der Waals surface area contributed by atoms with Gasteiger partial charge < -0.3 is 5.11 Å². The van der Waals surface area contributed by atoms with Crippen LogP contribution in [0.5, 0.6) is 0 Å². The van der Waals surface area contributed by atoms with Crippen LogP contribution in [0.15, 0.2) is 5.10 Å². The molecule has 0 rings (SSSR count). The molecule has 0 spiro atoms. The lowest BCUT2D eigenvalue weighted by molar-refractivity contribution is -0.145. The van der Waals surface area contributed by atoms with Gasteiger partial charge in [0.1, 0.15) is 6.54 Å². The summed E-state index contributed by atoms with van der Waals surface area (Å²) in [4.78, 5) is 22.5. The van der Waals surface area contributed by atoms with Crippen LogP contribution in [0.4, 0.5) is 0 Å². The first kappa shape index (κ1) is 16.0. The Bertz CT molecular complexity index is 310. The Hall–Kier alpha value is -1.04. The molecular weight excluding hydrogens is 240 g/mol. The highest BCUT2D eigenvalue weighted by atomic mass is 32.1. The van der Waals surface area contributed by atoms with Gasteiger partial charge in [0.15, 0.2) is 0 Å². The van der Waals surface area contributed by atoms with Crippen LogP contribution in [-0.2, 0) is 9.59 Å². The Morgan fingerprint density at radius 3 is 2.35 bits per heavy atom. The molecule has 98 valence electrons. The smallest absolute Gasteiger partial charge is 0.325 e. The molecule has 17 heavy (non-hydrogen) atoms. The molecule has 0 aliphatic carbocycles. The highest BCUT2D eigenvalue weighted by Gasteiger charge is 2.21. The predicted octanol–water partition coefficient (Wildman–Crippen LogP) is 1.50. The fourth-order valence-corrected chi connectivity index (χ4v) is 1.04. The molecule has 6 heteroatoms. The van der Waals surface area contributed by atoms with Crippen LogP contribution >= 0.6 is 12.6 Å². The highest BCUT2D eigenvalue weighted by Crippen LogP contribution is 2.11. The van der Waals surface area contributed by atoms with E-state index in [2.05, 4.69) is 17.7 Å². The molecular formula is C11H20N2O3S. The first-order valence-corrected chi connectivity index (χ1v) is 6.00. The molecule has 0 heterocycles. The second-order valence-electron chi connectivity index (χ2n) is 4.98. The molecule has 0 aromatic heterocycles. The van der Waals surface area contributed by atoms with E-state index in [1.165, 1.54) is 0 Å². The quantitative estimate of drug-likeness (QED) is 0.447. The zero-order valence-electron chi connectivity index (χ0n) is 10.7. The van der Waals surface area contributed by atoms with E-state index >= 15 is 0 Å². The second-order valence-corrected chi connectivity index (χ2v) is 5.35. The summed E-state index contributed by atoms with van der Waals surface area (Å²) in [5.41, 5.74) is -0.207. The van der Waals surface area contributed by atoms with Crippen molar-refractivity contribution >= 4 is 30.7 Å². The van der Waals surface area contributed by atoms with Gasteiger partial charge in [0, 0.05) is 17.9 Å². The minimum atomic E-state index is -1.09. The van der Waals surface area contributed by atoms with E-state index in [0.717, 1.165) is 5.01 Å². The van der Waals surface area contributed by atoms with Crippen molar-refractivity contribution in [2.24, 2.45) is 16.4 Å². The molecule has 0 saturated carbocycles. The molecule has 1 unspecified atom stereocenters. The van der Waals surface area contributed by atoms with Gasteiger partial charge in [-0.2, -0.15) is 17.7 Å². The van der Waals surface area contributed by atoms with Crippen LogP contribution in [0.1, 0.15) is 27.7 Å². The normalized spacial score (nSPS) is 13.7. The van der Waals surface area contributed by atoms with E-state index in [4.69, 9.17) is 5.11 Å². The molecule has 5 nitrogen and oxygen atoms in total. The molecule has 1 amide bonds. The highest BCUT2D eigenvalue weighted by molar-refractivity contribution is 7.80. The number of carbonyl (C=O) groups is 2. The largest absolute Gasteiger partial charge is 0.480 e. The number of thiol groups is 1. The number of hydrogen-bond acceptors (Lipinski definition) is 4. The van der Waals surface area contributed by atoms with Crippen molar-refractivity contribution in [3.8, 4) is 0 Å². The molecule has 0 bridgehead atoms. The van der Waals surface area contributed by atoms with Gasteiger partial charge in [0.25, 0.3) is 0 Å². The van der Waals surface area contributed by atoms with Gasteiger partial charge in [-0.1, -0.05) is 27.7 Å². The third-order valence-electron chi connectivity index (χ3n) is 1.82. The number of hydrazone groups is 1. The molecule has 0 saturated heterocycles. The number of amides is 1. The van der Waals surface area contributed by atoms with E-state index in [1.54, 1.807) is 13.1 Å². The van der Waals surface area contributed by atoms with E-state index in [0.29, 0.717) is 5.75 Å². The standard InChI is InChI=1S/C11H20N2O3S/c1-8(6-17)10(16)13(5-9(14)15)12-7-11(2,3)4/h7-8,17H,5-6H2,1-4H3,(H,14,15). The Labute approximate surface area is 107 Å². The van der Waals surface area contributed by atoms with E-state index in [1.807, 2.05) is 20.8 Å². The minimum absolute atomic E-state index is 0.207. The van der Waals surface area contributed by atoms with E-state index in [-0.39, 0.29) is 17.2 Å². The van der Waals surface area contributed by atoms with Crippen LogP contribution in [0.2, 0.25) is 0 Å². The van der Waals surface area contributed by atoms with Gasteiger partial charge in [-0.05, 0) is 5.41 Å². The number of carboxylic acid groups (broad SMARTS) is 1. The minimum Gasteiger partial charge on any atom is -0.480 e. The SMILES string of the molecule is CC(CS)C(=O)N(CC(=O)O)N=CC(C)(C)C. The van der Waals surface area contributed by atoms with Crippen molar-refractivity contribution in [1.29, 1.82) is 0 Å². The average molecular weight is 260 g/mol. The van der Waals surface area contributed by atoms with Crippen molar-refractivity contribution < 1.29 is 14.7 Å². The van der Waals surface area contributed by atoms with Crippen molar-refractivity contribution in [1.82, 2.24) is 5.01 Å². The van der Waals surface area contributed by atoms with Crippen LogP contribution in [0.25, 0.3) is 0 Å². The van der Waals surface area contributed by atoms with Crippen molar-refractivity contribution in [3.05, 3.63) is 0 Å². The number of nitrogens with zero attached hydrogens (tertiary/aromatic N) is 2. The Balaban J connectivity index is 4.82. The zero-order chi connectivity index (χ0) is 13.6. The number of hydrogen-bond donors (Lipinski definition) is 2. The lowest BCUT2D eigenvalue weighted by atomic mass is 9.99. The van der Waals surface area contributed by atoms with E-state index in [9.17, 15) is 9.59 Å². The van der Waals surface area contributed by atoms with E-state index < -0.39 is 12.5 Å². The zero-order valence-corrected chi connectivity index (χ0v) is 11.6. The summed E-state index contributed by atoms with van der Waals surface area (Å²) in [6.07, 6.45) is 1.57. The summed E-state index contributed by atoms with van der Waals surface area (Å²) in [5.74, 6) is -1.41. The molecule has 1 N–H and O–H groups in total. The van der Waals surface area contributed by atoms with Crippen molar-refractivity contribution in [2.45, 2.75) is 27.7 Å². The summed E-state index contributed by atoms with van der Waals surface area (Å²) < 4.78 is 0. The maximum Gasteiger partial charge on any atom is 0.325 e. The second kappa shape index (κ2) is 6.64. The lowest BCUT2D eigenvalue weighted by Crippen LogP contribution is -2.36. The predicted molar refractivity (Wildman–Crippen MR) is 70.3 cm³/mol. The molecule has 1 atom stereocenters. The first-order valence-electron chi connectivity index (χ1n) is 5.36. The van der Waals surface area contributed by atoms with Gasteiger partial charge in [-0.25, -0.2) is 5.01 Å². The molecule has 0 aliphatic rings. The fraction of sp³-hybridized carbons (Fsp3) is 0.727. The van der Waals surface area contributed by atoms with Gasteiger partial charge in [-0.3, -0.25) is 9.59 Å². The molecule has 0 aliphatic heterocycles. The lowest BCUT2D eigenvalue weighted by Gasteiger charge is -2.20. The number of carboxylic acids is 1. The Morgan fingerprint density at radius 1 is 1.47 bits per heavy atom. The van der Waals surface area contributed by atoms with Gasteiger partial charge in [0.05, 0.1) is 0 Å². The molecule has 0 aromatic rings. The number of rotatable bonds is 5. The Morgan fingerprint density at radius 2 is 2.00 bits per heavy atom. The van der Waals surface area contributed by atoms with Crippen molar-refractivity contribution in [3.63, 3.8) is 0 Å².